The van der Waals surface area contributed by atoms with Crippen molar-refractivity contribution in [1.82, 2.24) is 0 Å². The van der Waals surface area contributed by atoms with Crippen molar-refractivity contribution >= 4 is 55.7 Å². The lowest BCUT2D eigenvalue weighted by atomic mass is 9.87. The number of hydrogen-bond donors (Lipinski definition) is 0. The summed E-state index contributed by atoms with van der Waals surface area (Å²) in [6.07, 6.45) is 7.44. The van der Waals surface area contributed by atoms with Crippen LogP contribution < -0.4 is 9.47 Å². The monoisotopic (exact) mass is 1030 g/mol. The third kappa shape index (κ3) is 19.3. The van der Waals surface area contributed by atoms with Crippen LogP contribution in [0.3, 0.4) is 0 Å². The molecule has 0 unspecified atom stereocenters. The molecule has 0 bridgehead atoms. The van der Waals surface area contributed by atoms with Crippen LogP contribution in [-0.2, 0) is 63.2 Å². The summed E-state index contributed by atoms with van der Waals surface area (Å²) >= 11 is 0. The van der Waals surface area contributed by atoms with Gasteiger partial charge in [-0.25, -0.2) is 9.59 Å². The molecule has 0 saturated carbocycles. The molecule has 0 spiro atoms. The first-order valence-corrected chi connectivity index (χ1v) is 31.4. The molecule has 0 N–H and O–H groups in total. The number of carbonyl (C=O) groups excluding carboxylic acids is 2. The SMILES string of the molecule is CC(C)(C)OC(=O)Oc1ccc([S+]2CCCCC2)cc1.CC(C)(C)c1ccc([S+]2CCOCC2)cc1.Cc1ccc([S+]2CCOCC2)cc1.O=C(Oc1ccc([S+]2CCCCC2)cc1)c1ccccc1. The summed E-state index contributed by atoms with van der Waals surface area (Å²) in [6, 6.07) is 43.2. The van der Waals surface area contributed by atoms with Crippen molar-refractivity contribution in [2.75, 3.05) is 72.5 Å². The molecule has 5 aromatic rings. The first-order valence-electron chi connectivity index (χ1n) is 25.1. The lowest BCUT2D eigenvalue weighted by Crippen LogP contribution is -2.26. The van der Waals surface area contributed by atoms with Gasteiger partial charge in [-0.05, 0) is 162 Å². The fraction of sp³-hybridized carbons (Fsp3) is 0.458. The summed E-state index contributed by atoms with van der Waals surface area (Å²) in [5.41, 5.74) is 3.09. The predicted octanol–water partition coefficient (Wildman–Crippen LogP) is 13.2. The lowest BCUT2D eigenvalue weighted by molar-refractivity contribution is 0.0206. The highest BCUT2D eigenvalue weighted by atomic mass is 32.2. The van der Waals surface area contributed by atoms with Crippen LogP contribution in [0.1, 0.15) is 102 Å². The zero-order chi connectivity index (χ0) is 49.8. The van der Waals surface area contributed by atoms with E-state index in [1.165, 1.54) is 115 Å². The van der Waals surface area contributed by atoms with E-state index in [0.717, 1.165) is 26.4 Å². The first-order chi connectivity index (χ1) is 33.7. The zero-order valence-corrected chi connectivity index (χ0v) is 46.1. The molecular formula is C59H78O7S4+4. The molecule has 0 atom stereocenters. The van der Waals surface area contributed by atoms with Gasteiger partial charge in [0.1, 0.15) is 63.1 Å². The highest BCUT2D eigenvalue weighted by molar-refractivity contribution is 7.97. The van der Waals surface area contributed by atoms with E-state index in [4.69, 9.17) is 23.7 Å². The minimum absolute atomic E-state index is 0.261. The lowest BCUT2D eigenvalue weighted by Gasteiger charge is -2.19. The van der Waals surface area contributed by atoms with E-state index in [2.05, 4.69) is 100 Å². The predicted molar refractivity (Wildman–Crippen MR) is 298 cm³/mol. The maximum Gasteiger partial charge on any atom is 0.514 e. The summed E-state index contributed by atoms with van der Waals surface area (Å²) in [4.78, 5) is 29.3. The van der Waals surface area contributed by atoms with E-state index < -0.39 is 11.8 Å². The standard InChI is InChI=1S/C18H19O2S.C16H23O3S.C14H21OS.C11H15OS/c19-18(15-7-3-1-4-8-15)20-16-9-11-17(12-10-16)21-13-5-2-6-14-21;1-16(2,3)19-15(17)18-13-7-9-14(10-8-13)20-11-5-4-6-12-20;1-14(2,3)12-4-6-13(7-5-12)16-10-8-15-9-11-16;1-10-2-4-11(5-3-10)13-8-6-12-7-9-13/h1,3-4,7-12H,2,5-6,13-14H2;7-10H,4-6,11-12H2,1-3H3;4-7H,8-11H2,1-3H3;2-5H,6-9H2,1H3/q4*+1. The minimum atomic E-state index is -0.648. The molecule has 11 heteroatoms. The average molecular weight is 1030 g/mol. The van der Waals surface area contributed by atoms with E-state index >= 15 is 0 Å². The molecule has 70 heavy (non-hydrogen) atoms. The van der Waals surface area contributed by atoms with Crippen LogP contribution in [0.2, 0.25) is 0 Å². The van der Waals surface area contributed by atoms with Crippen LogP contribution in [0, 0.1) is 6.92 Å². The van der Waals surface area contributed by atoms with Gasteiger partial charge in [0, 0.05) is 43.6 Å². The van der Waals surface area contributed by atoms with Gasteiger partial charge in [-0.1, -0.05) is 68.8 Å². The minimum Gasteiger partial charge on any atom is -0.428 e. The van der Waals surface area contributed by atoms with Crippen molar-refractivity contribution in [2.24, 2.45) is 0 Å². The Hall–Kier alpha value is -3.84. The van der Waals surface area contributed by atoms with E-state index in [1.54, 1.807) is 12.1 Å². The van der Waals surface area contributed by atoms with Crippen LogP contribution in [-0.4, -0.2) is 90.2 Å². The van der Waals surface area contributed by atoms with Crippen LogP contribution in [0.5, 0.6) is 11.5 Å². The number of ether oxygens (including phenoxy) is 5. The fourth-order valence-electron chi connectivity index (χ4n) is 8.04. The van der Waals surface area contributed by atoms with Crippen LogP contribution in [0.25, 0.3) is 0 Å². The molecule has 9 rings (SSSR count). The van der Waals surface area contributed by atoms with Crippen LogP contribution in [0.4, 0.5) is 4.79 Å². The smallest absolute Gasteiger partial charge is 0.428 e. The third-order valence-electron chi connectivity index (χ3n) is 12.0. The van der Waals surface area contributed by atoms with Gasteiger partial charge in [-0.15, -0.1) is 0 Å². The molecule has 4 aliphatic rings. The largest absolute Gasteiger partial charge is 0.514 e. The van der Waals surface area contributed by atoms with Gasteiger partial charge in [0.15, 0.2) is 19.6 Å². The van der Waals surface area contributed by atoms with Gasteiger partial charge >= 0.3 is 12.1 Å². The molecule has 4 saturated heterocycles. The normalized spacial score (nSPS) is 17.2. The van der Waals surface area contributed by atoms with E-state index in [9.17, 15) is 9.59 Å². The van der Waals surface area contributed by atoms with Crippen molar-refractivity contribution in [3.8, 4) is 11.5 Å². The number of benzene rings is 5. The molecular weight excluding hydrogens is 949 g/mol. The molecule has 0 aliphatic carbocycles. The topological polar surface area (TPSA) is 80.3 Å². The fourth-order valence-corrected chi connectivity index (χ4v) is 16.3. The van der Waals surface area contributed by atoms with Crippen molar-refractivity contribution in [1.29, 1.82) is 0 Å². The zero-order valence-electron chi connectivity index (χ0n) is 42.8. The number of carbonyl (C=O) groups is 2. The molecule has 376 valence electrons. The molecule has 4 aliphatic heterocycles. The third-order valence-corrected chi connectivity index (χ3v) is 21.5. The second kappa shape index (κ2) is 28.4. The molecule has 0 aromatic heterocycles. The molecule has 5 aromatic carbocycles. The Balaban J connectivity index is 0.000000155. The Bertz CT molecular complexity index is 2270. The van der Waals surface area contributed by atoms with Crippen molar-refractivity contribution in [3.63, 3.8) is 0 Å². The average Bonchev–Trinajstić information content (AvgIpc) is 3.38. The second-order valence-electron chi connectivity index (χ2n) is 19.8. The van der Waals surface area contributed by atoms with Gasteiger partial charge < -0.3 is 23.7 Å². The molecule has 0 radical (unpaired) electrons. The Morgan fingerprint density at radius 2 is 0.814 bits per heavy atom. The van der Waals surface area contributed by atoms with Gasteiger partial charge in [0.05, 0.1) is 32.0 Å². The van der Waals surface area contributed by atoms with Crippen molar-refractivity contribution < 1.29 is 33.3 Å². The van der Waals surface area contributed by atoms with Crippen LogP contribution in [0.15, 0.2) is 147 Å². The van der Waals surface area contributed by atoms with Crippen molar-refractivity contribution in [2.45, 2.75) is 118 Å². The van der Waals surface area contributed by atoms with E-state index in [1.807, 2.05) is 63.2 Å². The Morgan fingerprint density at radius 3 is 1.21 bits per heavy atom. The van der Waals surface area contributed by atoms with Gasteiger partial charge in [0.2, 0.25) is 0 Å². The molecule has 4 heterocycles. The van der Waals surface area contributed by atoms with E-state index in [0.29, 0.717) is 60.6 Å². The maximum atomic E-state index is 12.0. The highest BCUT2D eigenvalue weighted by Gasteiger charge is 2.28. The molecule has 7 nitrogen and oxygen atoms in total. The maximum absolute atomic E-state index is 12.0. The summed E-state index contributed by atoms with van der Waals surface area (Å²) in [6.45, 7) is 18.1. The highest BCUT2D eigenvalue weighted by Crippen LogP contribution is 2.28. The molecule has 0 amide bonds. The van der Waals surface area contributed by atoms with Gasteiger partial charge in [0.25, 0.3) is 0 Å². The molecule has 4 fully saturated rings. The number of esters is 1. The Labute approximate surface area is 431 Å². The summed E-state index contributed by atoms with van der Waals surface area (Å²) in [5.74, 6) is 10.9. The Morgan fingerprint density at radius 1 is 0.443 bits per heavy atom. The van der Waals surface area contributed by atoms with Crippen molar-refractivity contribution in [3.05, 3.63) is 144 Å². The summed E-state index contributed by atoms with van der Waals surface area (Å²) in [7, 11) is 1.67. The quantitative estimate of drug-likeness (QED) is 0.0695. The number of hydrogen-bond acceptors (Lipinski definition) is 7. The first kappa shape index (κ1) is 55.5. The van der Waals surface area contributed by atoms with E-state index in [-0.39, 0.29) is 11.4 Å². The second-order valence-corrected chi connectivity index (χ2v) is 28.9. The van der Waals surface area contributed by atoms with Gasteiger partial charge in [-0.3, -0.25) is 0 Å². The number of rotatable bonds is 7. The van der Waals surface area contributed by atoms with Crippen LogP contribution >= 0.6 is 0 Å². The van der Waals surface area contributed by atoms with Gasteiger partial charge in [-0.2, -0.15) is 0 Å². The Kier molecular flexibility index (Phi) is 22.5. The summed E-state index contributed by atoms with van der Waals surface area (Å²) < 4.78 is 26.5. The number of aryl methyl sites for hydroxylation is 1. The summed E-state index contributed by atoms with van der Waals surface area (Å²) in [5, 5.41) is 0.